The van der Waals surface area contributed by atoms with Crippen LogP contribution >= 0.6 is 12.4 Å². The fraction of sp³-hybridized carbons (Fsp3) is 0.556. The van der Waals surface area contributed by atoms with Crippen LogP contribution in [0, 0.1) is 27.7 Å². The van der Waals surface area contributed by atoms with Gasteiger partial charge in [-0.2, -0.15) is 5.10 Å². The molecule has 1 aliphatic heterocycles. The molecule has 0 aliphatic carbocycles. The molecule has 8 heteroatoms. The minimum atomic E-state index is 0. The lowest BCUT2D eigenvalue weighted by atomic mass is 10.1. The molecule has 3 heterocycles. The summed E-state index contributed by atoms with van der Waals surface area (Å²) in [5.41, 5.74) is 4.57. The molecular formula is C18H27ClN6O. The van der Waals surface area contributed by atoms with Crippen LogP contribution < -0.4 is 5.32 Å². The van der Waals surface area contributed by atoms with Crippen molar-refractivity contribution < 1.29 is 4.79 Å². The van der Waals surface area contributed by atoms with E-state index in [1.165, 1.54) is 0 Å². The third kappa shape index (κ3) is 4.04. The Hall–Kier alpha value is -1.99. The summed E-state index contributed by atoms with van der Waals surface area (Å²) >= 11 is 0. The van der Waals surface area contributed by atoms with Crippen molar-refractivity contribution in [3.05, 3.63) is 34.4 Å². The van der Waals surface area contributed by atoms with Crippen LogP contribution in [0.4, 0.5) is 0 Å². The molecule has 0 bridgehead atoms. The van der Waals surface area contributed by atoms with Gasteiger partial charge in [-0.3, -0.25) is 4.79 Å². The van der Waals surface area contributed by atoms with Crippen LogP contribution in [0.1, 0.15) is 35.3 Å². The van der Waals surface area contributed by atoms with Gasteiger partial charge in [-0.05, 0) is 40.7 Å². The Balaban J connectivity index is 0.00000243. The number of nitrogens with zero attached hydrogens (tertiary/aromatic N) is 5. The van der Waals surface area contributed by atoms with Gasteiger partial charge in [0.05, 0.1) is 12.1 Å². The van der Waals surface area contributed by atoms with Gasteiger partial charge in [0.1, 0.15) is 0 Å². The third-order valence-corrected chi connectivity index (χ3v) is 4.75. The first-order valence-corrected chi connectivity index (χ1v) is 8.74. The smallest absolute Gasteiger partial charge is 0.251 e. The lowest BCUT2D eigenvalue weighted by molar-refractivity contribution is -0.133. The van der Waals surface area contributed by atoms with Crippen molar-refractivity contribution in [1.82, 2.24) is 30.0 Å². The van der Waals surface area contributed by atoms with Crippen LogP contribution in [0.5, 0.6) is 0 Å². The second kappa shape index (κ2) is 8.14. The van der Waals surface area contributed by atoms with Crippen molar-refractivity contribution in [2.24, 2.45) is 0 Å². The number of carbonyl (C=O) groups is 1. The molecule has 26 heavy (non-hydrogen) atoms. The highest BCUT2D eigenvalue weighted by atomic mass is 35.5. The number of rotatable bonds is 3. The number of amides is 1. The fourth-order valence-electron chi connectivity index (χ4n) is 3.39. The van der Waals surface area contributed by atoms with Crippen LogP contribution in [-0.2, 0) is 11.2 Å². The van der Waals surface area contributed by atoms with Crippen molar-refractivity contribution in [1.29, 1.82) is 0 Å². The van der Waals surface area contributed by atoms with E-state index >= 15 is 0 Å². The number of hydrogen-bond donors (Lipinski definition) is 1. The first kappa shape index (κ1) is 20.3. The molecule has 1 aliphatic rings. The Morgan fingerprint density at radius 2 is 1.88 bits per heavy atom. The van der Waals surface area contributed by atoms with Gasteiger partial charge < -0.3 is 10.2 Å². The van der Waals surface area contributed by atoms with E-state index in [0.717, 1.165) is 48.0 Å². The molecule has 7 nitrogen and oxygen atoms in total. The zero-order chi connectivity index (χ0) is 18.1. The van der Waals surface area contributed by atoms with Crippen LogP contribution in [0.15, 0.2) is 6.07 Å². The maximum atomic E-state index is 12.8. The Bertz CT molecular complexity index is 783. The largest absolute Gasteiger partial charge is 0.337 e. The molecule has 0 unspecified atom stereocenters. The first-order valence-electron chi connectivity index (χ1n) is 8.74. The van der Waals surface area contributed by atoms with Crippen LogP contribution in [0.3, 0.4) is 0 Å². The van der Waals surface area contributed by atoms with Crippen molar-refractivity contribution in [2.45, 2.75) is 47.1 Å². The van der Waals surface area contributed by atoms with Gasteiger partial charge in [-0.15, -0.1) is 12.4 Å². The quantitative estimate of drug-likeness (QED) is 0.879. The van der Waals surface area contributed by atoms with Gasteiger partial charge in [-0.25, -0.2) is 14.6 Å². The summed E-state index contributed by atoms with van der Waals surface area (Å²) in [6.07, 6.45) is 0.368. The standard InChI is InChI=1S/C18H26N6O.ClH/c1-11-8-12(2)21-18(20-11)24-15(5)16(14(4)22-24)9-17(25)23-7-6-19-10-13(23)3;/h8,13,19H,6-7,9-10H2,1-5H3;1H/t13-;/m1./s1. The number of halogens is 1. The van der Waals surface area contributed by atoms with Crippen molar-refractivity contribution in [3.63, 3.8) is 0 Å². The zero-order valence-electron chi connectivity index (χ0n) is 16.0. The summed E-state index contributed by atoms with van der Waals surface area (Å²) in [6.45, 7) is 12.3. The summed E-state index contributed by atoms with van der Waals surface area (Å²) < 4.78 is 1.75. The topological polar surface area (TPSA) is 75.9 Å². The molecule has 1 N–H and O–H groups in total. The molecule has 1 saturated heterocycles. The van der Waals surface area contributed by atoms with Gasteiger partial charge >= 0.3 is 0 Å². The fourth-order valence-corrected chi connectivity index (χ4v) is 3.39. The third-order valence-electron chi connectivity index (χ3n) is 4.75. The number of nitrogens with one attached hydrogen (secondary N) is 1. The van der Waals surface area contributed by atoms with Crippen LogP contribution in [0.2, 0.25) is 0 Å². The second-order valence-electron chi connectivity index (χ2n) is 6.83. The lowest BCUT2D eigenvalue weighted by Gasteiger charge is -2.34. The molecule has 0 saturated carbocycles. The van der Waals surface area contributed by atoms with Gasteiger partial charge in [0, 0.05) is 48.3 Å². The van der Waals surface area contributed by atoms with E-state index in [4.69, 9.17) is 0 Å². The molecule has 1 atom stereocenters. The number of piperazine rings is 1. The van der Waals surface area contributed by atoms with Crippen LogP contribution in [0.25, 0.3) is 5.95 Å². The molecule has 0 aromatic carbocycles. The summed E-state index contributed by atoms with van der Waals surface area (Å²) in [7, 11) is 0. The molecule has 2 aromatic rings. The number of aromatic nitrogens is 4. The first-order chi connectivity index (χ1) is 11.9. The number of aryl methyl sites for hydroxylation is 3. The van der Waals surface area contributed by atoms with Crippen molar-refractivity contribution >= 4 is 18.3 Å². The van der Waals surface area contributed by atoms with E-state index in [-0.39, 0.29) is 24.4 Å². The van der Waals surface area contributed by atoms with Gasteiger partial charge in [0.2, 0.25) is 5.91 Å². The average Bonchev–Trinajstić information content (AvgIpc) is 2.82. The Morgan fingerprint density at radius 3 is 2.50 bits per heavy atom. The van der Waals surface area contributed by atoms with E-state index in [1.807, 2.05) is 38.7 Å². The van der Waals surface area contributed by atoms with E-state index in [2.05, 4.69) is 27.3 Å². The average molecular weight is 379 g/mol. The minimum absolute atomic E-state index is 0. The maximum Gasteiger partial charge on any atom is 0.251 e. The SMILES string of the molecule is Cc1cc(C)nc(-n2nc(C)c(CC(=O)N3CCNC[C@H]3C)c2C)n1.Cl. The summed E-state index contributed by atoms with van der Waals surface area (Å²) in [5, 5.41) is 7.90. The molecule has 2 aromatic heterocycles. The Labute approximate surface area is 160 Å². The molecule has 1 fully saturated rings. The minimum Gasteiger partial charge on any atom is -0.337 e. The highest BCUT2D eigenvalue weighted by Gasteiger charge is 2.25. The zero-order valence-corrected chi connectivity index (χ0v) is 16.9. The Kier molecular flexibility index (Phi) is 6.36. The van der Waals surface area contributed by atoms with Gasteiger partial charge in [0.25, 0.3) is 5.95 Å². The van der Waals surface area contributed by atoms with Gasteiger partial charge in [0.15, 0.2) is 0 Å². The van der Waals surface area contributed by atoms with Crippen molar-refractivity contribution in [3.8, 4) is 5.95 Å². The van der Waals surface area contributed by atoms with Crippen LogP contribution in [-0.4, -0.2) is 56.2 Å². The molecule has 1 amide bonds. The Morgan fingerprint density at radius 1 is 1.23 bits per heavy atom. The van der Waals surface area contributed by atoms with E-state index < -0.39 is 0 Å². The van der Waals surface area contributed by atoms with Gasteiger partial charge in [-0.1, -0.05) is 0 Å². The predicted octanol–water partition coefficient (Wildman–Crippen LogP) is 1.68. The van der Waals surface area contributed by atoms with E-state index in [0.29, 0.717) is 12.4 Å². The summed E-state index contributed by atoms with van der Waals surface area (Å²) in [4.78, 5) is 23.7. The summed E-state index contributed by atoms with van der Waals surface area (Å²) in [5.74, 6) is 0.716. The van der Waals surface area contributed by atoms with Crippen molar-refractivity contribution in [2.75, 3.05) is 19.6 Å². The molecule has 3 rings (SSSR count). The molecule has 0 spiro atoms. The highest BCUT2D eigenvalue weighted by molar-refractivity contribution is 5.85. The predicted molar refractivity (Wildman–Crippen MR) is 103 cm³/mol. The highest BCUT2D eigenvalue weighted by Crippen LogP contribution is 2.18. The number of carbonyl (C=O) groups excluding carboxylic acids is 1. The lowest BCUT2D eigenvalue weighted by Crippen LogP contribution is -2.52. The molecule has 142 valence electrons. The summed E-state index contributed by atoms with van der Waals surface area (Å²) in [6, 6.07) is 2.16. The molecular weight excluding hydrogens is 352 g/mol. The van der Waals surface area contributed by atoms with E-state index in [9.17, 15) is 4.79 Å². The second-order valence-corrected chi connectivity index (χ2v) is 6.83. The molecule has 0 radical (unpaired) electrons. The van der Waals surface area contributed by atoms with E-state index in [1.54, 1.807) is 4.68 Å². The number of hydrogen-bond acceptors (Lipinski definition) is 5. The maximum absolute atomic E-state index is 12.8. The monoisotopic (exact) mass is 378 g/mol. The normalized spacial score (nSPS) is 17.1.